The van der Waals surface area contributed by atoms with Gasteiger partial charge in [-0.25, -0.2) is 15.0 Å². The molecule has 0 unspecified atom stereocenters. The van der Waals surface area contributed by atoms with Gasteiger partial charge in [0.2, 0.25) is 0 Å². The fourth-order valence-electron chi connectivity index (χ4n) is 5.24. The van der Waals surface area contributed by atoms with Gasteiger partial charge in [-0.1, -0.05) is 23.4 Å². The molecule has 0 saturated carbocycles. The summed E-state index contributed by atoms with van der Waals surface area (Å²) < 4.78 is 5.84. The molecule has 1 N–H and O–H groups in total. The number of hydrogen-bond donors (Lipinski definition) is 1. The van der Waals surface area contributed by atoms with Crippen LogP contribution in [0.2, 0.25) is 5.02 Å². The third-order valence-corrected chi connectivity index (χ3v) is 8.61. The molecule has 8 nitrogen and oxygen atoms in total. The number of pyridine rings is 1. The first kappa shape index (κ1) is 23.6. The van der Waals surface area contributed by atoms with E-state index >= 15 is 0 Å². The van der Waals surface area contributed by atoms with Gasteiger partial charge in [0.05, 0.1) is 36.6 Å². The van der Waals surface area contributed by atoms with Gasteiger partial charge in [0.1, 0.15) is 16.5 Å². The van der Waals surface area contributed by atoms with Crippen LogP contribution in [0.3, 0.4) is 0 Å². The van der Waals surface area contributed by atoms with Gasteiger partial charge in [0, 0.05) is 49.6 Å². The number of nitriles is 1. The average molecular weight is 501 g/mol. The highest BCUT2D eigenvalue weighted by molar-refractivity contribution is 7.99. The van der Waals surface area contributed by atoms with E-state index in [1.807, 2.05) is 6.07 Å². The van der Waals surface area contributed by atoms with Crippen LogP contribution in [-0.2, 0) is 11.3 Å². The van der Waals surface area contributed by atoms with Crippen LogP contribution in [0.25, 0.3) is 0 Å². The molecule has 10 heteroatoms. The highest BCUT2D eigenvalue weighted by Gasteiger charge is 2.41. The lowest BCUT2D eigenvalue weighted by Gasteiger charge is -2.39. The minimum absolute atomic E-state index is 0.165. The van der Waals surface area contributed by atoms with E-state index in [2.05, 4.69) is 27.8 Å². The van der Waals surface area contributed by atoms with Crippen molar-refractivity contribution in [3.63, 3.8) is 0 Å². The molecule has 2 aromatic heterocycles. The van der Waals surface area contributed by atoms with Gasteiger partial charge in [-0.15, -0.1) is 0 Å². The molecule has 5 rings (SSSR count). The quantitative estimate of drug-likeness (QED) is 0.632. The Balaban J connectivity index is 1.27. The van der Waals surface area contributed by atoms with Gasteiger partial charge < -0.3 is 19.6 Å². The normalized spacial score (nSPS) is 22.1. The molecule has 0 amide bonds. The van der Waals surface area contributed by atoms with Crippen molar-refractivity contribution >= 4 is 35.0 Å². The van der Waals surface area contributed by atoms with Gasteiger partial charge in [-0.05, 0) is 37.7 Å². The SMILES string of the molecule is C[C@H]1CC2(CCN(c3ncc(Sc4ccnc(N5CC(CC#N)C5)c4Cl)nc3CO)CC2)CO1. The molecule has 0 radical (unpaired) electrons. The number of rotatable bonds is 6. The number of ether oxygens (including phenoxy) is 1. The zero-order valence-corrected chi connectivity index (χ0v) is 20.9. The molecule has 0 bridgehead atoms. The number of anilines is 2. The molecule has 3 fully saturated rings. The van der Waals surface area contributed by atoms with Crippen LogP contribution in [0.15, 0.2) is 28.4 Å². The highest BCUT2D eigenvalue weighted by atomic mass is 35.5. The average Bonchev–Trinajstić information content (AvgIpc) is 3.18. The second kappa shape index (κ2) is 9.86. The summed E-state index contributed by atoms with van der Waals surface area (Å²) in [5.41, 5.74) is 0.879. The van der Waals surface area contributed by atoms with Crippen molar-refractivity contribution in [3.05, 3.63) is 29.2 Å². The van der Waals surface area contributed by atoms with Crippen LogP contribution in [-0.4, -0.2) is 58.9 Å². The molecular formula is C24H29ClN6O2S. The van der Waals surface area contributed by atoms with Crippen molar-refractivity contribution < 1.29 is 9.84 Å². The van der Waals surface area contributed by atoms with E-state index in [-0.39, 0.29) is 6.61 Å². The summed E-state index contributed by atoms with van der Waals surface area (Å²) in [6, 6.07) is 4.09. The molecule has 34 heavy (non-hydrogen) atoms. The molecule has 1 spiro atoms. The first-order valence-electron chi connectivity index (χ1n) is 11.8. The van der Waals surface area contributed by atoms with Crippen LogP contribution >= 0.6 is 23.4 Å². The predicted molar refractivity (Wildman–Crippen MR) is 131 cm³/mol. The number of halogens is 1. The number of aliphatic hydroxyl groups excluding tert-OH is 1. The topological polar surface area (TPSA) is 98.4 Å². The summed E-state index contributed by atoms with van der Waals surface area (Å²) in [6.07, 6.45) is 7.67. The second-order valence-electron chi connectivity index (χ2n) is 9.63. The number of aliphatic hydroxyl groups is 1. The molecular weight excluding hydrogens is 472 g/mol. The lowest BCUT2D eigenvalue weighted by molar-refractivity contribution is 0.0975. The molecule has 5 heterocycles. The van der Waals surface area contributed by atoms with Gasteiger partial charge in [0.25, 0.3) is 0 Å². The minimum Gasteiger partial charge on any atom is -0.390 e. The van der Waals surface area contributed by atoms with E-state index in [0.717, 1.165) is 68.6 Å². The predicted octanol–water partition coefficient (Wildman–Crippen LogP) is 3.91. The summed E-state index contributed by atoms with van der Waals surface area (Å²) in [5.74, 6) is 1.87. The number of piperidine rings is 1. The third kappa shape index (κ3) is 4.69. The van der Waals surface area contributed by atoms with Gasteiger partial charge in [-0.2, -0.15) is 5.26 Å². The summed E-state index contributed by atoms with van der Waals surface area (Å²) in [6.45, 7) is 6.21. The molecule has 2 aromatic rings. The maximum Gasteiger partial charge on any atom is 0.152 e. The molecule has 0 aromatic carbocycles. The van der Waals surface area contributed by atoms with Gasteiger partial charge >= 0.3 is 0 Å². The molecule has 0 aliphatic carbocycles. The van der Waals surface area contributed by atoms with Crippen molar-refractivity contribution in [1.82, 2.24) is 15.0 Å². The largest absolute Gasteiger partial charge is 0.390 e. The zero-order valence-electron chi connectivity index (χ0n) is 19.3. The Hall–Kier alpha value is -2.12. The summed E-state index contributed by atoms with van der Waals surface area (Å²) in [7, 11) is 0. The fourth-order valence-corrected chi connectivity index (χ4v) is 6.38. The first-order valence-corrected chi connectivity index (χ1v) is 13.0. The van der Waals surface area contributed by atoms with Gasteiger partial charge in [0.15, 0.2) is 5.82 Å². The van der Waals surface area contributed by atoms with Crippen LogP contribution in [0, 0.1) is 22.7 Å². The van der Waals surface area contributed by atoms with Crippen molar-refractivity contribution in [2.45, 2.75) is 55.2 Å². The molecule has 3 aliphatic rings. The maximum absolute atomic E-state index is 10.0. The smallest absolute Gasteiger partial charge is 0.152 e. The lowest BCUT2D eigenvalue weighted by atomic mass is 9.77. The zero-order chi connectivity index (χ0) is 23.7. The van der Waals surface area contributed by atoms with E-state index in [9.17, 15) is 5.11 Å². The Bertz CT molecular complexity index is 1080. The molecule has 180 valence electrons. The third-order valence-electron chi connectivity index (χ3n) is 7.16. The number of hydrogen-bond acceptors (Lipinski definition) is 9. The second-order valence-corrected chi connectivity index (χ2v) is 11.1. The Morgan fingerprint density at radius 1 is 1.26 bits per heavy atom. The molecule has 1 atom stereocenters. The first-order chi connectivity index (χ1) is 16.5. The maximum atomic E-state index is 10.0. The van der Waals surface area contributed by atoms with E-state index in [0.29, 0.717) is 39.6 Å². The summed E-state index contributed by atoms with van der Waals surface area (Å²) in [4.78, 5) is 19.0. The van der Waals surface area contributed by atoms with Crippen LogP contribution in [0.1, 0.15) is 38.3 Å². The Kier molecular flexibility index (Phi) is 6.85. The van der Waals surface area contributed by atoms with E-state index < -0.39 is 0 Å². The van der Waals surface area contributed by atoms with Crippen molar-refractivity contribution in [1.29, 1.82) is 5.26 Å². The lowest BCUT2D eigenvalue weighted by Crippen LogP contribution is -2.47. The molecule has 3 saturated heterocycles. The Morgan fingerprint density at radius 3 is 2.74 bits per heavy atom. The van der Waals surface area contributed by atoms with Crippen molar-refractivity contribution in [2.75, 3.05) is 42.6 Å². The Labute approximate surface area is 209 Å². The van der Waals surface area contributed by atoms with Crippen LogP contribution < -0.4 is 9.80 Å². The van der Waals surface area contributed by atoms with Crippen LogP contribution in [0.4, 0.5) is 11.6 Å². The van der Waals surface area contributed by atoms with E-state index in [1.54, 1.807) is 12.4 Å². The molecule has 3 aliphatic heterocycles. The van der Waals surface area contributed by atoms with E-state index in [1.165, 1.54) is 11.8 Å². The number of nitrogens with zero attached hydrogens (tertiary/aromatic N) is 6. The van der Waals surface area contributed by atoms with Crippen LogP contribution in [0.5, 0.6) is 0 Å². The Morgan fingerprint density at radius 2 is 2.06 bits per heavy atom. The fraction of sp³-hybridized carbons (Fsp3) is 0.583. The van der Waals surface area contributed by atoms with E-state index in [4.69, 9.17) is 31.6 Å². The summed E-state index contributed by atoms with van der Waals surface area (Å²) in [5, 5.41) is 20.2. The standard InChI is InChI=1S/C24H29ClN6O2S/c1-16-10-24(15-33-16)4-8-30(9-5-24)22-18(14-32)29-20(11-28-22)34-19-3-7-27-23(21(19)25)31-12-17(13-31)2-6-26/h3,7,11,16-17,32H,2,4-5,8-10,12-15H2,1H3/t16-/m0/s1. The van der Waals surface area contributed by atoms with Crippen molar-refractivity contribution in [3.8, 4) is 6.07 Å². The van der Waals surface area contributed by atoms with Gasteiger partial charge in [-0.3, -0.25) is 0 Å². The minimum atomic E-state index is -0.165. The highest BCUT2D eigenvalue weighted by Crippen LogP contribution is 2.43. The monoisotopic (exact) mass is 500 g/mol. The van der Waals surface area contributed by atoms with Crippen molar-refractivity contribution in [2.24, 2.45) is 11.3 Å². The number of aromatic nitrogens is 3. The summed E-state index contributed by atoms with van der Waals surface area (Å²) >= 11 is 8.10.